The zero-order valence-electron chi connectivity index (χ0n) is 8.81. The summed E-state index contributed by atoms with van der Waals surface area (Å²) in [5.41, 5.74) is 0.247. The first-order chi connectivity index (χ1) is 8.16. The van der Waals surface area contributed by atoms with Crippen LogP contribution in [0, 0.1) is 0 Å². The highest BCUT2D eigenvalue weighted by molar-refractivity contribution is 9.10. The quantitative estimate of drug-likeness (QED) is 0.817. The Morgan fingerprint density at radius 1 is 1.12 bits per heavy atom. The Kier molecular flexibility index (Phi) is 3.44. The Morgan fingerprint density at radius 3 is 2.47 bits per heavy atom. The molecule has 0 fully saturated rings. The van der Waals surface area contributed by atoms with Crippen LogP contribution in [0.5, 0.6) is 11.5 Å². The molecule has 2 rings (SSSR count). The van der Waals surface area contributed by atoms with Gasteiger partial charge < -0.3 is 9.84 Å². The van der Waals surface area contributed by atoms with Crippen LogP contribution in [-0.4, -0.2) is 11.1 Å². The molecule has 0 aliphatic rings. The first-order valence-electron chi connectivity index (χ1n) is 4.95. The van der Waals surface area contributed by atoms with Gasteiger partial charge in [0.25, 0.3) is 0 Å². The minimum Gasteiger partial charge on any atom is -0.561 e. The van der Waals surface area contributed by atoms with Crippen molar-refractivity contribution in [3.63, 3.8) is 0 Å². The molecule has 0 saturated carbocycles. The molecule has 17 heavy (non-hydrogen) atoms. The maximum atomic E-state index is 11.1. The zero-order valence-corrected chi connectivity index (χ0v) is 10.4. The van der Waals surface area contributed by atoms with Gasteiger partial charge in [0, 0.05) is 9.27 Å². The number of ether oxygens (including phenoxy) is 1. The average Bonchev–Trinajstić information content (AvgIpc) is 2.30. The molecule has 0 atom stereocenters. The lowest BCUT2D eigenvalue weighted by atomic mass is 10.2. The average molecular weight is 294 g/mol. The minimum atomic E-state index is -0.761. The van der Waals surface area contributed by atoms with Crippen molar-refractivity contribution in [2.45, 2.75) is 0 Å². The highest BCUT2D eigenvalue weighted by Gasteiger charge is 2.18. The highest BCUT2D eigenvalue weighted by Crippen LogP contribution is 2.28. The minimum absolute atomic E-state index is 0.247. The summed E-state index contributed by atoms with van der Waals surface area (Å²) in [6.45, 7) is 0. The standard InChI is InChI=1S/C13H9BrO3/c14-9-6-7-11(13(15)16)12(8-9)17-10-4-2-1-3-5-10/h1-8H,(H,15,16)/p+1. The van der Waals surface area contributed by atoms with E-state index < -0.39 is 5.97 Å². The smallest absolute Gasteiger partial charge is 0.552 e. The maximum absolute atomic E-state index is 11.1. The molecule has 2 N–H and O–H groups in total. The van der Waals surface area contributed by atoms with Gasteiger partial charge in [-0.3, -0.25) is 0 Å². The van der Waals surface area contributed by atoms with Crippen molar-refractivity contribution in [1.29, 1.82) is 0 Å². The van der Waals surface area contributed by atoms with E-state index in [1.165, 1.54) is 0 Å². The molecule has 2 aromatic carbocycles. The summed E-state index contributed by atoms with van der Waals surface area (Å²) < 4.78 is 6.38. The third kappa shape index (κ3) is 2.85. The van der Waals surface area contributed by atoms with E-state index >= 15 is 0 Å². The molecule has 0 heterocycles. The van der Waals surface area contributed by atoms with E-state index in [9.17, 15) is 4.79 Å². The van der Waals surface area contributed by atoms with Gasteiger partial charge in [-0.25, -0.2) is 0 Å². The predicted octanol–water partition coefficient (Wildman–Crippen LogP) is 3.11. The molecule has 0 amide bonds. The second kappa shape index (κ2) is 5.01. The van der Waals surface area contributed by atoms with Crippen LogP contribution in [0.1, 0.15) is 10.4 Å². The summed E-state index contributed by atoms with van der Waals surface area (Å²) in [7, 11) is 0. The Balaban J connectivity index is 2.37. The Hall–Kier alpha value is -1.81. The fraction of sp³-hybridized carbons (Fsp3) is 0. The summed E-state index contributed by atoms with van der Waals surface area (Å²) in [6, 6.07) is 14.1. The van der Waals surface area contributed by atoms with E-state index in [4.69, 9.17) is 9.84 Å². The highest BCUT2D eigenvalue weighted by atomic mass is 79.9. The maximum Gasteiger partial charge on any atom is 0.552 e. The molecule has 86 valence electrons. The summed E-state index contributed by atoms with van der Waals surface area (Å²) in [6.07, 6.45) is 0. The van der Waals surface area contributed by atoms with Gasteiger partial charge in [0.15, 0.2) is 5.56 Å². The van der Waals surface area contributed by atoms with Crippen molar-refractivity contribution < 1.29 is 14.6 Å². The van der Waals surface area contributed by atoms with E-state index in [0.29, 0.717) is 11.5 Å². The number of hydrogen-bond acceptors (Lipinski definition) is 2. The number of benzene rings is 2. The van der Waals surface area contributed by atoms with Crippen LogP contribution < -0.4 is 4.74 Å². The van der Waals surface area contributed by atoms with Crippen LogP contribution >= 0.6 is 15.9 Å². The van der Waals surface area contributed by atoms with Gasteiger partial charge >= 0.3 is 5.97 Å². The number of para-hydroxylation sites is 1. The molecule has 0 aliphatic carbocycles. The van der Waals surface area contributed by atoms with Crippen molar-refractivity contribution in [3.05, 3.63) is 58.6 Å². The van der Waals surface area contributed by atoms with E-state index in [1.807, 2.05) is 18.2 Å². The summed E-state index contributed by atoms with van der Waals surface area (Å²) in [4.78, 5) is 11.1. The number of hydrogen-bond donors (Lipinski definition) is 0. The van der Waals surface area contributed by atoms with Crippen molar-refractivity contribution in [2.75, 3.05) is 0 Å². The van der Waals surface area contributed by atoms with Gasteiger partial charge in [0.1, 0.15) is 11.5 Å². The Labute approximate surface area is 107 Å². The summed E-state index contributed by atoms with van der Waals surface area (Å²) in [5.74, 6) is 0.252. The third-order valence-electron chi connectivity index (χ3n) is 2.16. The fourth-order valence-electron chi connectivity index (χ4n) is 1.38. The lowest BCUT2D eigenvalue weighted by molar-refractivity contribution is 0.0694. The summed E-state index contributed by atoms with van der Waals surface area (Å²) in [5, 5.41) is 7.16. The van der Waals surface area contributed by atoms with Gasteiger partial charge in [0.2, 0.25) is 0 Å². The summed E-state index contributed by atoms with van der Waals surface area (Å²) >= 11 is 3.31. The van der Waals surface area contributed by atoms with E-state index in [1.54, 1.807) is 30.3 Å². The first-order valence-corrected chi connectivity index (χ1v) is 5.74. The van der Waals surface area contributed by atoms with Crippen LogP contribution in [0.15, 0.2) is 53.0 Å². The van der Waals surface area contributed by atoms with Gasteiger partial charge in [-0.2, -0.15) is 0 Å². The van der Waals surface area contributed by atoms with Crippen molar-refractivity contribution in [2.24, 2.45) is 0 Å². The van der Waals surface area contributed by atoms with Crippen LogP contribution in [0.25, 0.3) is 0 Å². The monoisotopic (exact) mass is 293 g/mol. The van der Waals surface area contributed by atoms with Gasteiger partial charge in [-0.05, 0) is 30.3 Å². The van der Waals surface area contributed by atoms with Crippen molar-refractivity contribution >= 4 is 21.9 Å². The molecule has 0 bridgehead atoms. The Bertz CT molecular complexity index is 538. The topological polar surface area (TPSA) is 49.2 Å². The lowest BCUT2D eigenvalue weighted by Gasteiger charge is -2.07. The second-order valence-electron chi connectivity index (χ2n) is 3.38. The molecule has 0 radical (unpaired) electrons. The molecule has 0 spiro atoms. The molecular weight excluding hydrogens is 284 g/mol. The van der Waals surface area contributed by atoms with Crippen molar-refractivity contribution in [1.82, 2.24) is 0 Å². The number of halogens is 1. The molecule has 0 unspecified atom stereocenters. The molecule has 2 aromatic rings. The number of carbonyl (C=O) groups is 1. The molecule has 4 heteroatoms. The Morgan fingerprint density at radius 2 is 1.82 bits per heavy atom. The molecular formula is C13H10BrO3+. The molecule has 3 nitrogen and oxygen atoms in total. The molecule has 0 aromatic heterocycles. The molecule has 0 aliphatic heterocycles. The van der Waals surface area contributed by atoms with E-state index in [0.717, 1.165) is 4.47 Å². The van der Waals surface area contributed by atoms with Crippen LogP contribution in [-0.2, 0) is 0 Å². The van der Waals surface area contributed by atoms with Gasteiger partial charge in [0.05, 0.1) is 0 Å². The SMILES string of the molecule is O=C([OH2+])c1ccc(Br)cc1Oc1ccccc1. The van der Waals surface area contributed by atoms with Gasteiger partial charge in [-0.15, -0.1) is 0 Å². The number of carbonyl (C=O) groups excluding carboxylic acids is 1. The third-order valence-corrected chi connectivity index (χ3v) is 2.65. The van der Waals surface area contributed by atoms with Crippen LogP contribution in [0.4, 0.5) is 0 Å². The molecule has 0 saturated heterocycles. The van der Waals surface area contributed by atoms with Crippen molar-refractivity contribution in [3.8, 4) is 11.5 Å². The second-order valence-corrected chi connectivity index (χ2v) is 4.30. The first kappa shape index (κ1) is 11.7. The number of rotatable bonds is 3. The van der Waals surface area contributed by atoms with Crippen LogP contribution in [0.3, 0.4) is 0 Å². The lowest BCUT2D eigenvalue weighted by Crippen LogP contribution is -1.99. The van der Waals surface area contributed by atoms with Gasteiger partial charge in [-0.1, -0.05) is 34.1 Å². The fourth-order valence-corrected chi connectivity index (χ4v) is 1.72. The largest absolute Gasteiger partial charge is 0.561 e. The van der Waals surface area contributed by atoms with E-state index in [2.05, 4.69) is 15.9 Å². The zero-order chi connectivity index (χ0) is 12.3. The predicted molar refractivity (Wildman–Crippen MR) is 68.6 cm³/mol. The van der Waals surface area contributed by atoms with E-state index in [-0.39, 0.29) is 5.56 Å². The van der Waals surface area contributed by atoms with Crippen LogP contribution in [0.2, 0.25) is 0 Å². The normalized spacial score (nSPS) is 9.94.